The third kappa shape index (κ3) is 3.85. The first-order chi connectivity index (χ1) is 14.7. The van der Waals surface area contributed by atoms with Crippen LogP contribution in [0.3, 0.4) is 0 Å². The Morgan fingerprint density at radius 2 is 2.10 bits per heavy atom. The first-order valence-electron chi connectivity index (χ1n) is 9.31. The van der Waals surface area contributed by atoms with Gasteiger partial charge in [-0.2, -0.15) is 0 Å². The number of nitrogen functional groups attached to an aromatic ring is 1. The number of hydrogen-bond acceptors (Lipinski definition) is 10. The second-order valence-electron chi connectivity index (χ2n) is 7.29. The SMILES string of the molecule is B[PH]1(O)OC[C@H]2O[C@@H](n3c(Sc4ccc(Cl)cc4)nc4c(=O)[nH]c(N)nc43)C(O)[C@H]2O1. The Kier molecular flexibility index (Phi) is 5.27. The number of rotatable bonds is 3. The van der Waals surface area contributed by atoms with Crippen LogP contribution in [0.15, 0.2) is 39.1 Å². The van der Waals surface area contributed by atoms with Crippen molar-refractivity contribution < 1.29 is 23.8 Å². The predicted molar refractivity (Wildman–Crippen MR) is 118 cm³/mol. The van der Waals surface area contributed by atoms with Crippen molar-refractivity contribution in [1.82, 2.24) is 19.5 Å². The minimum absolute atomic E-state index is 0.0508. The molecule has 1 unspecified atom stereocenters. The number of nitrogens with one attached hydrogen (secondary N) is 1. The van der Waals surface area contributed by atoms with E-state index in [1.165, 1.54) is 23.9 Å². The van der Waals surface area contributed by atoms with Crippen LogP contribution >= 0.6 is 31.2 Å². The second-order valence-corrected chi connectivity index (χ2v) is 11.1. The number of hydrogen-bond donors (Lipinski definition) is 4. The summed E-state index contributed by atoms with van der Waals surface area (Å²) < 4.78 is 18.5. The topological polar surface area (TPSA) is 158 Å². The maximum absolute atomic E-state index is 12.4. The fourth-order valence-electron chi connectivity index (χ4n) is 3.63. The molecule has 31 heavy (non-hydrogen) atoms. The number of nitrogens with two attached hydrogens (primary N) is 1. The Labute approximate surface area is 185 Å². The number of aromatic nitrogens is 4. The summed E-state index contributed by atoms with van der Waals surface area (Å²) in [6.45, 7) is 0.0693. The van der Waals surface area contributed by atoms with Gasteiger partial charge in [0.15, 0.2) is 0 Å². The quantitative estimate of drug-likeness (QED) is 0.299. The molecule has 2 aromatic heterocycles. The number of H-pyrrole nitrogens is 1. The monoisotopic (exact) mass is 485 g/mol. The van der Waals surface area contributed by atoms with Crippen LogP contribution in [-0.4, -0.2) is 62.0 Å². The van der Waals surface area contributed by atoms with Crippen LogP contribution in [0.5, 0.6) is 0 Å². The van der Waals surface area contributed by atoms with Crippen LogP contribution < -0.4 is 11.3 Å². The number of ether oxygens (including phenoxy) is 1. The van der Waals surface area contributed by atoms with Crippen molar-refractivity contribution >= 4 is 55.9 Å². The number of fused-ring (bicyclic) bond motifs is 2. The number of benzene rings is 1. The minimum atomic E-state index is -3.36. The molecular weight excluding hydrogens is 468 g/mol. The van der Waals surface area contributed by atoms with Crippen LogP contribution in [0.4, 0.5) is 5.95 Å². The van der Waals surface area contributed by atoms with Crippen molar-refractivity contribution in [1.29, 1.82) is 0 Å². The van der Waals surface area contributed by atoms with Gasteiger partial charge in [-0.1, -0.05) is 0 Å². The van der Waals surface area contributed by atoms with Crippen molar-refractivity contribution in [2.24, 2.45) is 0 Å². The summed E-state index contributed by atoms with van der Waals surface area (Å²) in [5.74, 6) is -0.0958. The second kappa shape index (κ2) is 7.71. The molecule has 2 aliphatic rings. The summed E-state index contributed by atoms with van der Waals surface area (Å²) in [6, 6.07) is 7.06. The number of aromatic amines is 1. The first kappa shape index (κ1) is 21.2. The molecule has 5 N–H and O–H groups in total. The normalized spacial score (nSPS) is 28.5. The van der Waals surface area contributed by atoms with Gasteiger partial charge in [0.05, 0.1) is 0 Å². The summed E-state index contributed by atoms with van der Waals surface area (Å²) in [5.41, 5.74) is 5.45. The molecule has 4 heterocycles. The van der Waals surface area contributed by atoms with Crippen molar-refractivity contribution in [3.8, 4) is 0 Å². The van der Waals surface area contributed by atoms with E-state index in [1.807, 2.05) is 0 Å². The zero-order valence-corrected chi connectivity index (χ0v) is 18.6. The van der Waals surface area contributed by atoms with Gasteiger partial charge in [-0.25, -0.2) is 0 Å². The van der Waals surface area contributed by atoms with E-state index < -0.39 is 37.9 Å². The average Bonchev–Trinajstić information content (AvgIpc) is 3.20. The zero-order chi connectivity index (χ0) is 21.9. The van der Waals surface area contributed by atoms with E-state index >= 15 is 0 Å². The summed E-state index contributed by atoms with van der Waals surface area (Å²) in [6.07, 6.45) is -3.57. The van der Waals surface area contributed by atoms with Crippen LogP contribution in [-0.2, 0) is 13.8 Å². The van der Waals surface area contributed by atoms with Gasteiger partial charge in [0.1, 0.15) is 0 Å². The van der Waals surface area contributed by atoms with Gasteiger partial charge >= 0.3 is 186 Å². The number of aliphatic hydroxyl groups is 1. The number of imidazole rings is 1. The summed E-state index contributed by atoms with van der Waals surface area (Å²) >= 11 is 7.21. The number of aliphatic hydroxyl groups excluding tert-OH is 1. The van der Waals surface area contributed by atoms with Crippen molar-refractivity contribution in [2.45, 2.75) is 34.6 Å². The fraction of sp³-hybridized carbons (Fsp3) is 0.312. The van der Waals surface area contributed by atoms with E-state index in [1.54, 1.807) is 24.3 Å². The van der Waals surface area contributed by atoms with Crippen LogP contribution in [0, 0.1) is 0 Å². The molecule has 2 saturated heterocycles. The van der Waals surface area contributed by atoms with Gasteiger partial charge in [-0.05, 0) is 0 Å². The Bertz CT molecular complexity index is 1210. The molecule has 4 atom stereocenters. The molecule has 1 aromatic carbocycles. The molecule has 0 spiro atoms. The van der Waals surface area contributed by atoms with E-state index in [2.05, 4.69) is 15.0 Å². The standard InChI is InChI=1S/C16H18BClN5O6PS/c17-30(26)27-5-8-11(29-30)10(24)14(28-8)23-12-9(13(25)22-15(19)21-12)20-16(23)31-7-3-1-6(18)2-4-7/h1-4,8,10-11,14,24,26,30H,5,17H2,(H3,19,21,22,25)/t8-,10?,11+,14-/m1/s1. The molecule has 2 fully saturated rings. The maximum atomic E-state index is 12.4. The Hall–Kier alpha value is -1.70. The van der Waals surface area contributed by atoms with E-state index in [0.717, 1.165) is 4.90 Å². The number of anilines is 1. The van der Waals surface area contributed by atoms with Gasteiger partial charge in [-0.3, -0.25) is 0 Å². The predicted octanol–water partition coefficient (Wildman–Crippen LogP) is 0.215. The van der Waals surface area contributed by atoms with Gasteiger partial charge in [0.25, 0.3) is 0 Å². The van der Waals surface area contributed by atoms with E-state index in [9.17, 15) is 14.8 Å². The number of nitrogens with zero attached hydrogens (tertiary/aromatic N) is 3. The molecule has 15 heteroatoms. The summed E-state index contributed by atoms with van der Waals surface area (Å²) in [7, 11) is -1.89. The van der Waals surface area contributed by atoms with Crippen molar-refractivity contribution in [3.63, 3.8) is 0 Å². The molecule has 164 valence electrons. The van der Waals surface area contributed by atoms with E-state index in [4.69, 9.17) is 31.1 Å². The van der Waals surface area contributed by atoms with Crippen LogP contribution in [0.2, 0.25) is 5.02 Å². The molecule has 0 saturated carbocycles. The van der Waals surface area contributed by atoms with Crippen LogP contribution in [0.25, 0.3) is 11.2 Å². The van der Waals surface area contributed by atoms with Gasteiger partial charge < -0.3 is 0 Å². The molecule has 0 aliphatic carbocycles. The Balaban J connectivity index is 1.61. The Morgan fingerprint density at radius 1 is 1.35 bits per heavy atom. The number of halogens is 1. The van der Waals surface area contributed by atoms with Crippen molar-refractivity contribution in [3.05, 3.63) is 39.6 Å². The molecule has 5 rings (SSSR count). The first-order valence-corrected chi connectivity index (χ1v) is 12.8. The van der Waals surface area contributed by atoms with Gasteiger partial charge in [0, 0.05) is 0 Å². The van der Waals surface area contributed by atoms with Gasteiger partial charge in [-0.15, -0.1) is 0 Å². The third-order valence-electron chi connectivity index (χ3n) is 4.99. The van der Waals surface area contributed by atoms with Gasteiger partial charge in [0.2, 0.25) is 0 Å². The summed E-state index contributed by atoms with van der Waals surface area (Å²) in [5, 5.41) is 11.9. The average molecular weight is 486 g/mol. The van der Waals surface area contributed by atoms with E-state index in [-0.39, 0.29) is 23.7 Å². The molecule has 2 aliphatic heterocycles. The Morgan fingerprint density at radius 3 is 2.84 bits per heavy atom. The molecule has 0 radical (unpaired) electrons. The van der Waals surface area contributed by atoms with Crippen LogP contribution in [0.1, 0.15) is 6.23 Å². The fourth-order valence-corrected chi connectivity index (χ4v) is 6.00. The molecule has 0 amide bonds. The zero-order valence-electron chi connectivity index (χ0n) is 16.1. The molecular formula is C16H18BClN5O6PS. The third-order valence-corrected chi connectivity index (χ3v) is 7.64. The van der Waals surface area contributed by atoms with Crippen molar-refractivity contribution in [2.75, 3.05) is 12.3 Å². The molecule has 3 aromatic rings. The summed E-state index contributed by atoms with van der Waals surface area (Å²) in [4.78, 5) is 34.5. The molecule has 11 nitrogen and oxygen atoms in total. The van der Waals surface area contributed by atoms with E-state index in [0.29, 0.717) is 10.2 Å². The molecule has 0 bridgehead atoms.